The molecule has 1 aromatic rings. The smallest absolute Gasteiger partial charge is 0.233 e. The first kappa shape index (κ1) is 17.9. The first-order chi connectivity index (χ1) is 12.2. The number of nitrogens with zero attached hydrogens (tertiary/aromatic N) is 2. The lowest BCUT2D eigenvalue weighted by molar-refractivity contribution is -0.139. The normalized spacial score (nSPS) is 24.8. The third-order valence-corrected chi connectivity index (χ3v) is 5.64. The van der Waals surface area contributed by atoms with Crippen LogP contribution in [-0.2, 0) is 9.59 Å². The van der Waals surface area contributed by atoms with E-state index in [2.05, 4.69) is 34.5 Å². The molecule has 2 fully saturated rings. The highest BCUT2D eigenvalue weighted by Gasteiger charge is 2.35. The van der Waals surface area contributed by atoms with E-state index in [-0.39, 0.29) is 11.8 Å². The highest BCUT2D eigenvalue weighted by atomic mass is 16.2. The summed E-state index contributed by atoms with van der Waals surface area (Å²) < 4.78 is 0. The van der Waals surface area contributed by atoms with Gasteiger partial charge in [-0.3, -0.25) is 14.5 Å². The van der Waals surface area contributed by atoms with Gasteiger partial charge in [0.1, 0.15) is 0 Å². The van der Waals surface area contributed by atoms with Gasteiger partial charge in [0.25, 0.3) is 0 Å². The van der Waals surface area contributed by atoms with Crippen LogP contribution in [0.4, 0.5) is 0 Å². The standard InChI is InChI=1S/C20H29N3O2/c1-21-19(24)15-22-11-13-23(14-12-22)20(25)18-10-6-5-9-17(18)16-7-3-2-4-8-16/h2-4,7-8,17-18H,5-6,9-15H2,1H3,(H,21,24)/t17-,18-/m1/s1. The number of hydrogen-bond donors (Lipinski definition) is 1. The molecule has 136 valence electrons. The maximum absolute atomic E-state index is 13.2. The molecule has 5 heteroatoms. The van der Waals surface area contributed by atoms with Crippen LogP contribution in [0.2, 0.25) is 0 Å². The average Bonchev–Trinajstić information content (AvgIpc) is 2.68. The second-order valence-corrected chi connectivity index (χ2v) is 7.18. The number of nitrogens with one attached hydrogen (secondary N) is 1. The number of piperazine rings is 1. The van der Waals surface area contributed by atoms with Crippen LogP contribution in [0.3, 0.4) is 0 Å². The van der Waals surface area contributed by atoms with E-state index in [0.717, 1.165) is 45.4 Å². The molecule has 1 heterocycles. The van der Waals surface area contributed by atoms with Crippen LogP contribution in [0.15, 0.2) is 30.3 Å². The number of carbonyl (C=O) groups is 2. The van der Waals surface area contributed by atoms with Crippen molar-refractivity contribution in [2.24, 2.45) is 5.92 Å². The van der Waals surface area contributed by atoms with E-state index in [1.165, 1.54) is 12.0 Å². The Hall–Kier alpha value is -1.88. The van der Waals surface area contributed by atoms with E-state index in [4.69, 9.17) is 0 Å². The van der Waals surface area contributed by atoms with Crippen molar-refractivity contribution in [1.82, 2.24) is 15.1 Å². The minimum atomic E-state index is 0.0381. The Morgan fingerprint density at radius 1 is 1.04 bits per heavy atom. The summed E-state index contributed by atoms with van der Waals surface area (Å²) in [6.45, 7) is 3.44. The van der Waals surface area contributed by atoms with Gasteiger partial charge in [-0.2, -0.15) is 0 Å². The topological polar surface area (TPSA) is 52.7 Å². The van der Waals surface area contributed by atoms with Gasteiger partial charge < -0.3 is 10.2 Å². The van der Waals surface area contributed by atoms with Gasteiger partial charge in [0.05, 0.1) is 6.54 Å². The van der Waals surface area contributed by atoms with Crippen molar-refractivity contribution in [3.63, 3.8) is 0 Å². The molecule has 1 aromatic carbocycles. The minimum Gasteiger partial charge on any atom is -0.358 e. The Kier molecular flexibility index (Phi) is 6.08. The zero-order valence-electron chi connectivity index (χ0n) is 15.1. The Labute approximate surface area is 150 Å². The Bertz CT molecular complexity index is 582. The van der Waals surface area contributed by atoms with Crippen molar-refractivity contribution in [3.05, 3.63) is 35.9 Å². The molecule has 0 spiro atoms. The predicted octanol–water partition coefficient (Wildman–Crippen LogP) is 1.85. The zero-order valence-corrected chi connectivity index (χ0v) is 15.1. The third kappa shape index (κ3) is 4.40. The van der Waals surface area contributed by atoms with Crippen LogP contribution in [0.5, 0.6) is 0 Å². The van der Waals surface area contributed by atoms with Crippen LogP contribution >= 0.6 is 0 Å². The summed E-state index contributed by atoms with van der Waals surface area (Å²) in [6.07, 6.45) is 4.47. The molecule has 2 amide bonds. The van der Waals surface area contributed by atoms with Gasteiger partial charge in [-0.05, 0) is 24.3 Å². The van der Waals surface area contributed by atoms with E-state index in [9.17, 15) is 9.59 Å². The van der Waals surface area contributed by atoms with E-state index in [1.807, 2.05) is 11.0 Å². The molecule has 1 N–H and O–H groups in total. The molecule has 0 aromatic heterocycles. The number of benzene rings is 1. The summed E-state index contributed by atoms with van der Waals surface area (Å²) in [5.41, 5.74) is 1.30. The SMILES string of the molecule is CNC(=O)CN1CCN(C(=O)[C@@H]2CCCC[C@@H]2c2ccccc2)CC1. The summed E-state index contributed by atoms with van der Waals surface area (Å²) >= 11 is 0. The summed E-state index contributed by atoms with van der Waals surface area (Å²) in [6, 6.07) is 10.5. The fraction of sp³-hybridized carbons (Fsp3) is 0.600. The van der Waals surface area contributed by atoms with Gasteiger partial charge in [0, 0.05) is 39.1 Å². The molecule has 0 radical (unpaired) electrons. The Balaban J connectivity index is 1.61. The second-order valence-electron chi connectivity index (χ2n) is 7.18. The molecule has 1 saturated carbocycles. The fourth-order valence-electron chi connectivity index (χ4n) is 4.17. The van der Waals surface area contributed by atoms with Gasteiger partial charge in [-0.25, -0.2) is 0 Å². The van der Waals surface area contributed by atoms with Gasteiger partial charge in [0.2, 0.25) is 11.8 Å². The van der Waals surface area contributed by atoms with Crippen molar-refractivity contribution in [1.29, 1.82) is 0 Å². The van der Waals surface area contributed by atoms with Crippen LogP contribution in [0.1, 0.15) is 37.2 Å². The maximum atomic E-state index is 13.2. The molecular formula is C20H29N3O2. The molecule has 0 bridgehead atoms. The van der Waals surface area contributed by atoms with E-state index < -0.39 is 0 Å². The third-order valence-electron chi connectivity index (χ3n) is 5.64. The quantitative estimate of drug-likeness (QED) is 0.908. The first-order valence-electron chi connectivity index (χ1n) is 9.45. The van der Waals surface area contributed by atoms with Crippen LogP contribution in [0, 0.1) is 5.92 Å². The molecule has 1 saturated heterocycles. The van der Waals surface area contributed by atoms with Crippen molar-refractivity contribution < 1.29 is 9.59 Å². The van der Waals surface area contributed by atoms with Crippen molar-refractivity contribution in [2.45, 2.75) is 31.6 Å². The summed E-state index contributed by atoms with van der Waals surface area (Å²) in [4.78, 5) is 28.8. The van der Waals surface area contributed by atoms with E-state index in [0.29, 0.717) is 18.4 Å². The molecule has 5 nitrogen and oxygen atoms in total. The van der Waals surface area contributed by atoms with Gasteiger partial charge in [-0.1, -0.05) is 43.2 Å². The van der Waals surface area contributed by atoms with Gasteiger partial charge in [0.15, 0.2) is 0 Å². The lowest BCUT2D eigenvalue weighted by atomic mass is 9.74. The minimum absolute atomic E-state index is 0.0381. The molecule has 2 aliphatic rings. The van der Waals surface area contributed by atoms with Crippen molar-refractivity contribution >= 4 is 11.8 Å². The molecule has 25 heavy (non-hydrogen) atoms. The average molecular weight is 343 g/mol. The molecule has 1 aliphatic carbocycles. The Morgan fingerprint density at radius 3 is 2.40 bits per heavy atom. The monoisotopic (exact) mass is 343 g/mol. The summed E-state index contributed by atoms with van der Waals surface area (Å²) in [5.74, 6) is 0.817. The Morgan fingerprint density at radius 2 is 1.72 bits per heavy atom. The largest absolute Gasteiger partial charge is 0.358 e. The van der Waals surface area contributed by atoms with Crippen LogP contribution < -0.4 is 5.32 Å². The fourth-order valence-corrected chi connectivity index (χ4v) is 4.17. The van der Waals surface area contributed by atoms with Gasteiger partial charge >= 0.3 is 0 Å². The molecule has 3 rings (SSSR count). The summed E-state index contributed by atoms with van der Waals surface area (Å²) in [5, 5.41) is 2.66. The van der Waals surface area contributed by atoms with Crippen molar-refractivity contribution in [3.8, 4) is 0 Å². The highest BCUT2D eigenvalue weighted by Crippen LogP contribution is 2.38. The molecular weight excluding hydrogens is 314 g/mol. The van der Waals surface area contributed by atoms with E-state index in [1.54, 1.807) is 7.05 Å². The molecule has 2 atom stereocenters. The number of rotatable bonds is 4. The molecule has 0 unspecified atom stereocenters. The number of likely N-dealkylation sites (N-methyl/N-ethyl adjacent to an activating group) is 1. The molecule has 1 aliphatic heterocycles. The zero-order chi connectivity index (χ0) is 17.6. The lowest BCUT2D eigenvalue weighted by Crippen LogP contribution is -2.52. The van der Waals surface area contributed by atoms with Crippen LogP contribution in [-0.4, -0.2) is 61.4 Å². The first-order valence-corrected chi connectivity index (χ1v) is 9.45. The predicted molar refractivity (Wildman–Crippen MR) is 98.2 cm³/mol. The highest BCUT2D eigenvalue weighted by molar-refractivity contribution is 5.80. The number of carbonyl (C=O) groups excluding carboxylic acids is 2. The van der Waals surface area contributed by atoms with Crippen molar-refractivity contribution in [2.75, 3.05) is 39.8 Å². The van der Waals surface area contributed by atoms with Gasteiger partial charge in [-0.15, -0.1) is 0 Å². The van der Waals surface area contributed by atoms with Crippen LogP contribution in [0.25, 0.3) is 0 Å². The number of amides is 2. The lowest BCUT2D eigenvalue weighted by Gasteiger charge is -2.39. The maximum Gasteiger partial charge on any atom is 0.233 e. The number of hydrogen-bond acceptors (Lipinski definition) is 3. The second kappa shape index (κ2) is 8.48. The van der Waals surface area contributed by atoms with E-state index >= 15 is 0 Å². The summed E-state index contributed by atoms with van der Waals surface area (Å²) in [7, 11) is 1.66.